The number of nitrogens with two attached hydrogens (primary N) is 1. The Bertz CT molecular complexity index is 552. The largest absolute Gasteiger partial charge is 0.395 e. The molecule has 3 N–H and O–H groups in total. The molecule has 0 bridgehead atoms. The van der Waals surface area contributed by atoms with Crippen molar-refractivity contribution in [2.45, 2.75) is 46.2 Å². The van der Waals surface area contributed by atoms with Crippen LogP contribution in [0.25, 0.3) is 0 Å². The summed E-state index contributed by atoms with van der Waals surface area (Å²) in [5, 5.41) is 7.14. The lowest BCUT2D eigenvalue weighted by Crippen LogP contribution is -2.43. The van der Waals surface area contributed by atoms with Crippen LogP contribution in [-0.4, -0.2) is 45.6 Å². The number of hydrogen-bond acceptors (Lipinski definition) is 4. The quantitative estimate of drug-likeness (QED) is 0.828. The number of nitrogens with one attached hydrogen (secondary N) is 1. The van der Waals surface area contributed by atoms with Crippen molar-refractivity contribution >= 4 is 17.5 Å². The zero-order valence-corrected chi connectivity index (χ0v) is 12.8. The lowest BCUT2D eigenvalue weighted by atomic mass is 10.2. The van der Waals surface area contributed by atoms with Crippen molar-refractivity contribution in [2.75, 3.05) is 18.8 Å². The Morgan fingerprint density at radius 1 is 1.52 bits per heavy atom. The molecule has 1 fully saturated rings. The van der Waals surface area contributed by atoms with Gasteiger partial charge < -0.3 is 16.0 Å². The summed E-state index contributed by atoms with van der Waals surface area (Å²) in [6.07, 6.45) is 1.50. The maximum atomic E-state index is 12.4. The van der Waals surface area contributed by atoms with E-state index in [9.17, 15) is 9.59 Å². The fourth-order valence-corrected chi connectivity index (χ4v) is 2.63. The average Bonchev–Trinajstić information content (AvgIpc) is 2.94. The number of nitrogen functional groups attached to an aromatic ring is 1. The summed E-state index contributed by atoms with van der Waals surface area (Å²) in [4.78, 5) is 25.8. The molecule has 7 heteroatoms. The minimum Gasteiger partial charge on any atom is -0.395 e. The van der Waals surface area contributed by atoms with E-state index in [-0.39, 0.29) is 17.9 Å². The van der Waals surface area contributed by atoms with Gasteiger partial charge >= 0.3 is 0 Å². The van der Waals surface area contributed by atoms with Gasteiger partial charge in [0.05, 0.1) is 11.4 Å². The molecule has 0 radical (unpaired) electrons. The van der Waals surface area contributed by atoms with Crippen LogP contribution in [0, 0.1) is 6.92 Å². The minimum atomic E-state index is -0.242. The van der Waals surface area contributed by atoms with E-state index in [2.05, 4.69) is 10.4 Å². The highest BCUT2D eigenvalue weighted by molar-refractivity contribution is 5.98. The van der Waals surface area contributed by atoms with Crippen molar-refractivity contribution in [3.63, 3.8) is 0 Å². The highest BCUT2D eigenvalue weighted by Gasteiger charge is 2.24. The van der Waals surface area contributed by atoms with Crippen LogP contribution in [0.2, 0.25) is 0 Å². The van der Waals surface area contributed by atoms with E-state index in [1.807, 2.05) is 13.8 Å². The van der Waals surface area contributed by atoms with E-state index in [1.54, 1.807) is 16.5 Å². The van der Waals surface area contributed by atoms with Crippen molar-refractivity contribution in [1.82, 2.24) is 20.0 Å². The maximum absolute atomic E-state index is 12.4. The molecule has 2 rings (SSSR count). The molecule has 0 saturated carbocycles. The van der Waals surface area contributed by atoms with Crippen molar-refractivity contribution in [3.05, 3.63) is 11.4 Å². The molecule has 0 aromatic carbocycles. The number of anilines is 1. The molecule has 7 nitrogen and oxygen atoms in total. The van der Waals surface area contributed by atoms with Gasteiger partial charge in [-0.15, -0.1) is 0 Å². The van der Waals surface area contributed by atoms with E-state index in [4.69, 9.17) is 5.73 Å². The van der Waals surface area contributed by atoms with Crippen molar-refractivity contribution in [2.24, 2.45) is 0 Å². The third-order valence-corrected chi connectivity index (χ3v) is 3.73. The van der Waals surface area contributed by atoms with Gasteiger partial charge in [0.2, 0.25) is 5.91 Å². The molecule has 0 aliphatic carbocycles. The Morgan fingerprint density at radius 2 is 2.24 bits per heavy atom. The van der Waals surface area contributed by atoms with Crippen molar-refractivity contribution in [3.8, 4) is 0 Å². The number of rotatable bonds is 5. The van der Waals surface area contributed by atoms with Crippen LogP contribution >= 0.6 is 0 Å². The van der Waals surface area contributed by atoms with E-state index in [0.29, 0.717) is 36.6 Å². The third kappa shape index (κ3) is 3.17. The number of amides is 2. The first-order valence-corrected chi connectivity index (χ1v) is 7.35. The Hall–Kier alpha value is -2.05. The second-order valence-electron chi connectivity index (χ2n) is 5.48. The van der Waals surface area contributed by atoms with Gasteiger partial charge in [0.1, 0.15) is 5.69 Å². The molecule has 1 aromatic heterocycles. The summed E-state index contributed by atoms with van der Waals surface area (Å²) < 4.78 is 1.60. The molecule has 0 spiro atoms. The van der Waals surface area contributed by atoms with E-state index in [0.717, 1.165) is 13.0 Å². The fourth-order valence-electron chi connectivity index (χ4n) is 2.63. The lowest BCUT2D eigenvalue weighted by Gasteiger charge is -2.21. The van der Waals surface area contributed by atoms with Gasteiger partial charge in [-0.3, -0.25) is 14.3 Å². The van der Waals surface area contributed by atoms with Crippen LogP contribution in [0.1, 0.15) is 42.9 Å². The predicted molar refractivity (Wildman–Crippen MR) is 79.8 cm³/mol. The molecule has 1 aliphatic rings. The van der Waals surface area contributed by atoms with Gasteiger partial charge in [0.15, 0.2) is 0 Å². The highest BCUT2D eigenvalue weighted by atomic mass is 16.2. The first kappa shape index (κ1) is 15.3. The average molecular weight is 293 g/mol. The topological polar surface area (TPSA) is 93.2 Å². The van der Waals surface area contributed by atoms with Gasteiger partial charge in [-0.05, 0) is 27.2 Å². The molecule has 21 heavy (non-hydrogen) atoms. The standard InChI is InChI=1S/C14H23N5O2/c1-4-19-13(12(15)10(3)17-19)14(21)16-9(2)8-18-7-5-6-11(18)20/h9H,4-8,15H2,1-3H3,(H,16,21). The summed E-state index contributed by atoms with van der Waals surface area (Å²) in [5.74, 6) is -0.0841. The maximum Gasteiger partial charge on any atom is 0.271 e. The number of carbonyl (C=O) groups is 2. The van der Waals surface area contributed by atoms with Gasteiger partial charge in [-0.1, -0.05) is 0 Å². The van der Waals surface area contributed by atoms with Gasteiger partial charge in [0, 0.05) is 32.1 Å². The molecule has 1 aliphatic heterocycles. The van der Waals surface area contributed by atoms with Gasteiger partial charge in [-0.25, -0.2) is 0 Å². The molecular formula is C14H23N5O2. The second kappa shape index (κ2) is 6.15. The van der Waals surface area contributed by atoms with Crippen LogP contribution in [0.5, 0.6) is 0 Å². The number of carbonyl (C=O) groups excluding carboxylic acids is 2. The zero-order chi connectivity index (χ0) is 15.6. The lowest BCUT2D eigenvalue weighted by molar-refractivity contribution is -0.127. The molecule has 1 aromatic rings. The summed E-state index contributed by atoms with van der Waals surface area (Å²) in [5.41, 5.74) is 7.40. The minimum absolute atomic E-state index is 0.125. The number of aryl methyl sites for hydroxylation is 2. The number of hydrogen-bond donors (Lipinski definition) is 2. The predicted octanol–water partition coefficient (Wildman–Crippen LogP) is 0.534. The van der Waals surface area contributed by atoms with Crippen molar-refractivity contribution < 1.29 is 9.59 Å². The van der Waals surface area contributed by atoms with E-state index < -0.39 is 0 Å². The van der Waals surface area contributed by atoms with Crippen LogP contribution < -0.4 is 11.1 Å². The molecule has 116 valence electrons. The first-order valence-electron chi connectivity index (χ1n) is 7.35. The normalized spacial score (nSPS) is 16.3. The molecule has 1 unspecified atom stereocenters. The zero-order valence-electron chi connectivity index (χ0n) is 12.8. The number of likely N-dealkylation sites (tertiary alicyclic amines) is 1. The van der Waals surface area contributed by atoms with E-state index >= 15 is 0 Å². The van der Waals surface area contributed by atoms with Gasteiger partial charge in [0.25, 0.3) is 5.91 Å². The number of nitrogens with zero attached hydrogens (tertiary/aromatic N) is 3. The Kier molecular flexibility index (Phi) is 4.50. The van der Waals surface area contributed by atoms with E-state index in [1.165, 1.54) is 0 Å². The fraction of sp³-hybridized carbons (Fsp3) is 0.643. The first-order chi connectivity index (χ1) is 9.93. The molecule has 2 heterocycles. The SMILES string of the molecule is CCn1nc(C)c(N)c1C(=O)NC(C)CN1CCCC1=O. The Balaban J connectivity index is 2.02. The second-order valence-corrected chi connectivity index (χ2v) is 5.48. The Labute approximate surface area is 124 Å². The summed E-state index contributed by atoms with van der Waals surface area (Å²) in [7, 11) is 0. The molecule has 1 saturated heterocycles. The molecule has 2 amide bonds. The number of aromatic nitrogens is 2. The van der Waals surface area contributed by atoms with Crippen LogP contribution in [0.15, 0.2) is 0 Å². The Morgan fingerprint density at radius 3 is 2.81 bits per heavy atom. The summed E-state index contributed by atoms with van der Waals surface area (Å²) >= 11 is 0. The third-order valence-electron chi connectivity index (χ3n) is 3.73. The van der Waals surface area contributed by atoms with Crippen LogP contribution in [0.4, 0.5) is 5.69 Å². The molecular weight excluding hydrogens is 270 g/mol. The van der Waals surface area contributed by atoms with Crippen LogP contribution in [-0.2, 0) is 11.3 Å². The van der Waals surface area contributed by atoms with Crippen LogP contribution in [0.3, 0.4) is 0 Å². The summed E-state index contributed by atoms with van der Waals surface area (Å²) in [6, 6.07) is -0.125. The highest BCUT2D eigenvalue weighted by Crippen LogP contribution is 2.16. The molecule has 1 atom stereocenters. The monoisotopic (exact) mass is 293 g/mol. The van der Waals surface area contributed by atoms with Crippen molar-refractivity contribution in [1.29, 1.82) is 0 Å². The van der Waals surface area contributed by atoms with Gasteiger partial charge in [-0.2, -0.15) is 5.10 Å². The smallest absolute Gasteiger partial charge is 0.271 e. The summed E-state index contributed by atoms with van der Waals surface area (Å²) in [6.45, 7) is 7.47.